The summed E-state index contributed by atoms with van der Waals surface area (Å²) < 4.78 is 0. The zero-order chi connectivity index (χ0) is 19.3. The van der Waals surface area contributed by atoms with Crippen LogP contribution in [0.5, 0.6) is 0 Å². The number of hydrogen-bond donors (Lipinski definition) is 1. The molecule has 0 saturated heterocycles. The Hall–Kier alpha value is -2.33. The molecule has 0 radical (unpaired) electrons. The summed E-state index contributed by atoms with van der Waals surface area (Å²) in [6.07, 6.45) is 0. The summed E-state index contributed by atoms with van der Waals surface area (Å²) in [6, 6.07) is 14.7. The Kier molecular flexibility index (Phi) is 6.43. The second-order valence-electron chi connectivity index (χ2n) is 7.23. The summed E-state index contributed by atoms with van der Waals surface area (Å²) in [7, 11) is 0. The van der Waals surface area contributed by atoms with Gasteiger partial charge in [0.05, 0.1) is 0 Å². The van der Waals surface area contributed by atoms with Crippen LogP contribution in [0, 0.1) is 0 Å². The maximum atomic E-state index is 12.1. The quantitative estimate of drug-likeness (QED) is 0.844. The van der Waals surface area contributed by atoms with Gasteiger partial charge in [-0.3, -0.25) is 9.59 Å². The van der Waals surface area contributed by atoms with Gasteiger partial charge in [-0.25, -0.2) is 0 Å². The average molecular weight is 373 g/mol. The standard InChI is InChI=1S/C21H25ClN2O2/c1-15(25)24(19-11-7-17(8-12-19)21(2,3)4)14-13-23-20(26)16-5-9-18(22)10-6-16/h5-12H,13-14H2,1-4H3,(H,23,26). The van der Waals surface area contributed by atoms with Crippen molar-refractivity contribution in [2.45, 2.75) is 33.1 Å². The molecule has 0 unspecified atom stereocenters. The molecule has 5 heteroatoms. The maximum absolute atomic E-state index is 12.1. The van der Waals surface area contributed by atoms with E-state index in [0.29, 0.717) is 23.7 Å². The molecule has 138 valence electrons. The van der Waals surface area contributed by atoms with Crippen molar-refractivity contribution < 1.29 is 9.59 Å². The summed E-state index contributed by atoms with van der Waals surface area (Å²) in [5.41, 5.74) is 2.64. The van der Waals surface area contributed by atoms with E-state index < -0.39 is 0 Å². The van der Waals surface area contributed by atoms with Gasteiger partial charge in [0.2, 0.25) is 5.91 Å². The first-order valence-electron chi connectivity index (χ1n) is 8.61. The Labute approximate surface area is 160 Å². The summed E-state index contributed by atoms with van der Waals surface area (Å²) >= 11 is 5.83. The minimum absolute atomic E-state index is 0.0609. The van der Waals surface area contributed by atoms with E-state index in [-0.39, 0.29) is 17.2 Å². The van der Waals surface area contributed by atoms with Crippen molar-refractivity contribution in [3.8, 4) is 0 Å². The number of nitrogens with one attached hydrogen (secondary N) is 1. The monoisotopic (exact) mass is 372 g/mol. The van der Waals surface area contributed by atoms with Crippen LogP contribution in [0.2, 0.25) is 5.02 Å². The van der Waals surface area contributed by atoms with Crippen molar-refractivity contribution in [1.29, 1.82) is 0 Å². The van der Waals surface area contributed by atoms with Crippen molar-refractivity contribution in [3.63, 3.8) is 0 Å². The van der Waals surface area contributed by atoms with Gasteiger partial charge in [-0.05, 0) is 47.4 Å². The highest BCUT2D eigenvalue weighted by molar-refractivity contribution is 6.30. The van der Waals surface area contributed by atoms with E-state index in [9.17, 15) is 9.59 Å². The molecule has 4 nitrogen and oxygen atoms in total. The highest BCUT2D eigenvalue weighted by Gasteiger charge is 2.16. The predicted octanol–water partition coefficient (Wildman–Crippen LogP) is 4.42. The molecule has 0 saturated carbocycles. The van der Waals surface area contributed by atoms with Crippen LogP contribution in [-0.4, -0.2) is 24.9 Å². The van der Waals surface area contributed by atoms with Crippen LogP contribution in [0.4, 0.5) is 5.69 Å². The minimum Gasteiger partial charge on any atom is -0.350 e. The van der Waals surface area contributed by atoms with Gasteiger partial charge in [-0.2, -0.15) is 0 Å². The van der Waals surface area contributed by atoms with E-state index in [0.717, 1.165) is 5.69 Å². The zero-order valence-electron chi connectivity index (χ0n) is 15.7. The highest BCUT2D eigenvalue weighted by atomic mass is 35.5. The molecular formula is C21H25ClN2O2. The Morgan fingerprint density at radius 2 is 1.58 bits per heavy atom. The number of amides is 2. The zero-order valence-corrected chi connectivity index (χ0v) is 16.4. The Morgan fingerprint density at radius 3 is 2.08 bits per heavy atom. The van der Waals surface area contributed by atoms with E-state index >= 15 is 0 Å². The summed E-state index contributed by atoms with van der Waals surface area (Å²) in [5.74, 6) is -0.248. The first kappa shape index (κ1) is 20.0. The predicted molar refractivity (Wildman–Crippen MR) is 107 cm³/mol. The van der Waals surface area contributed by atoms with Crippen molar-refractivity contribution in [3.05, 3.63) is 64.7 Å². The smallest absolute Gasteiger partial charge is 0.251 e. The first-order chi connectivity index (χ1) is 12.2. The van der Waals surface area contributed by atoms with E-state index in [1.165, 1.54) is 12.5 Å². The molecule has 0 atom stereocenters. The molecule has 0 heterocycles. The van der Waals surface area contributed by atoms with Crippen LogP contribution in [0.1, 0.15) is 43.6 Å². The lowest BCUT2D eigenvalue weighted by Crippen LogP contribution is -2.37. The Balaban J connectivity index is 1.99. The van der Waals surface area contributed by atoms with Crippen molar-refractivity contribution in [1.82, 2.24) is 5.32 Å². The van der Waals surface area contributed by atoms with E-state index in [1.54, 1.807) is 29.2 Å². The number of halogens is 1. The first-order valence-corrected chi connectivity index (χ1v) is 8.98. The van der Waals surface area contributed by atoms with Gasteiger partial charge in [0.1, 0.15) is 0 Å². The average Bonchev–Trinajstić information content (AvgIpc) is 2.58. The van der Waals surface area contributed by atoms with Crippen LogP contribution in [0.15, 0.2) is 48.5 Å². The van der Waals surface area contributed by atoms with Crippen LogP contribution in [0.3, 0.4) is 0 Å². The van der Waals surface area contributed by atoms with Gasteiger partial charge in [0.25, 0.3) is 5.91 Å². The Bertz CT molecular complexity index is 762. The fourth-order valence-corrected chi connectivity index (χ4v) is 2.72. The van der Waals surface area contributed by atoms with Crippen molar-refractivity contribution in [2.24, 2.45) is 0 Å². The number of carbonyl (C=O) groups excluding carboxylic acids is 2. The second kappa shape index (κ2) is 8.37. The lowest BCUT2D eigenvalue weighted by Gasteiger charge is -2.24. The molecule has 0 bridgehead atoms. The van der Waals surface area contributed by atoms with E-state index in [1.807, 2.05) is 24.3 Å². The second-order valence-corrected chi connectivity index (χ2v) is 7.67. The number of nitrogens with zero attached hydrogens (tertiary/aromatic N) is 1. The number of benzene rings is 2. The van der Waals surface area contributed by atoms with Crippen LogP contribution in [-0.2, 0) is 10.2 Å². The molecule has 0 aliphatic carbocycles. The minimum atomic E-state index is -0.187. The molecule has 2 aromatic carbocycles. The number of carbonyl (C=O) groups is 2. The summed E-state index contributed by atoms with van der Waals surface area (Å²) in [6.45, 7) is 8.75. The lowest BCUT2D eigenvalue weighted by molar-refractivity contribution is -0.116. The van der Waals surface area contributed by atoms with Crippen LogP contribution >= 0.6 is 11.6 Å². The molecule has 2 rings (SSSR count). The third kappa shape index (κ3) is 5.33. The van der Waals surface area contributed by atoms with Gasteiger partial charge < -0.3 is 10.2 Å². The van der Waals surface area contributed by atoms with Gasteiger partial charge in [-0.1, -0.05) is 44.5 Å². The number of hydrogen-bond acceptors (Lipinski definition) is 2. The van der Waals surface area contributed by atoms with Crippen LogP contribution in [0.25, 0.3) is 0 Å². The Morgan fingerprint density at radius 1 is 1.00 bits per heavy atom. The third-order valence-corrected chi connectivity index (χ3v) is 4.40. The molecule has 26 heavy (non-hydrogen) atoms. The molecule has 0 aromatic heterocycles. The molecular weight excluding hydrogens is 348 g/mol. The number of anilines is 1. The van der Waals surface area contributed by atoms with Crippen molar-refractivity contribution in [2.75, 3.05) is 18.0 Å². The van der Waals surface area contributed by atoms with Gasteiger partial charge >= 0.3 is 0 Å². The summed E-state index contributed by atoms with van der Waals surface area (Å²) in [4.78, 5) is 25.8. The third-order valence-electron chi connectivity index (χ3n) is 4.15. The normalized spacial score (nSPS) is 11.1. The molecule has 1 N–H and O–H groups in total. The lowest BCUT2D eigenvalue weighted by atomic mass is 9.87. The van der Waals surface area contributed by atoms with Gasteiger partial charge in [0, 0.05) is 36.3 Å². The number of rotatable bonds is 5. The molecule has 0 aliphatic heterocycles. The van der Waals surface area contributed by atoms with Crippen molar-refractivity contribution >= 4 is 29.1 Å². The molecule has 0 fully saturated rings. The molecule has 0 aliphatic rings. The topological polar surface area (TPSA) is 49.4 Å². The largest absolute Gasteiger partial charge is 0.350 e. The molecule has 0 spiro atoms. The molecule has 2 amide bonds. The fraction of sp³-hybridized carbons (Fsp3) is 0.333. The SMILES string of the molecule is CC(=O)N(CCNC(=O)c1ccc(Cl)cc1)c1ccc(C(C)(C)C)cc1. The van der Waals surface area contributed by atoms with Gasteiger partial charge in [0.15, 0.2) is 0 Å². The van der Waals surface area contributed by atoms with Gasteiger partial charge in [-0.15, -0.1) is 0 Å². The fourth-order valence-electron chi connectivity index (χ4n) is 2.59. The van der Waals surface area contributed by atoms with Crippen LogP contribution < -0.4 is 10.2 Å². The highest BCUT2D eigenvalue weighted by Crippen LogP contribution is 2.25. The summed E-state index contributed by atoms with van der Waals surface area (Å²) in [5, 5.41) is 3.42. The van der Waals surface area contributed by atoms with E-state index in [2.05, 4.69) is 26.1 Å². The van der Waals surface area contributed by atoms with E-state index in [4.69, 9.17) is 11.6 Å². The maximum Gasteiger partial charge on any atom is 0.251 e. The molecule has 2 aromatic rings.